The first kappa shape index (κ1) is 26.7. The van der Waals surface area contributed by atoms with Crippen molar-refractivity contribution < 1.29 is 4.52 Å². The lowest BCUT2D eigenvalue weighted by Crippen LogP contribution is -2.12. The highest BCUT2D eigenvalue weighted by molar-refractivity contribution is 6.09. The Morgan fingerprint density at radius 1 is 0.578 bits per heavy atom. The molecule has 0 aliphatic rings. The van der Waals surface area contributed by atoms with E-state index < -0.39 is 0 Å². The predicted molar refractivity (Wildman–Crippen MR) is 184 cm³/mol. The Morgan fingerprint density at radius 2 is 1.16 bits per heavy atom. The summed E-state index contributed by atoms with van der Waals surface area (Å²) in [7, 11) is 0. The van der Waals surface area contributed by atoms with Crippen molar-refractivity contribution in [2.24, 2.45) is 0 Å². The minimum atomic E-state index is 0.516. The lowest BCUT2D eigenvalue weighted by molar-refractivity contribution is 0.432. The van der Waals surface area contributed by atoms with Gasteiger partial charge >= 0.3 is 0 Å². The molecule has 0 saturated heterocycles. The Kier molecular flexibility index (Phi) is 6.50. The number of fused-ring (bicyclic) bond motifs is 3. The van der Waals surface area contributed by atoms with Crippen molar-refractivity contribution in [1.82, 2.24) is 14.7 Å². The minimum Gasteiger partial charge on any atom is -0.334 e. The van der Waals surface area contributed by atoms with E-state index >= 15 is 0 Å². The van der Waals surface area contributed by atoms with Crippen molar-refractivity contribution in [3.05, 3.63) is 157 Å². The molecule has 0 aliphatic carbocycles. The fourth-order valence-corrected chi connectivity index (χ4v) is 6.27. The van der Waals surface area contributed by atoms with Gasteiger partial charge in [-0.05, 0) is 85.6 Å². The molecule has 0 bridgehead atoms. The largest absolute Gasteiger partial charge is 0.334 e. The van der Waals surface area contributed by atoms with Crippen molar-refractivity contribution in [2.45, 2.75) is 13.8 Å². The zero-order chi connectivity index (χ0) is 30.3. The lowest BCUT2D eigenvalue weighted by Gasteiger charge is -2.28. The van der Waals surface area contributed by atoms with E-state index in [1.165, 1.54) is 21.8 Å². The summed E-state index contributed by atoms with van der Waals surface area (Å²) in [5.41, 5.74) is 10.8. The zero-order valence-electron chi connectivity index (χ0n) is 25.1. The standard InChI is InChI=1S/C40H30N4O/c1-27-26-38(28(2)25-35(27)40-41-39(42-45-40)29-13-5-3-6-14-29)43(30-15-7-4-8-16-30)31-21-23-32(24-22-31)44-36-19-11-9-17-33(36)34-18-10-12-20-37(34)44/h3-26H,1-2H3. The molecule has 0 aliphatic heterocycles. The van der Waals surface area contributed by atoms with Crippen molar-refractivity contribution in [1.29, 1.82) is 0 Å². The fraction of sp³-hybridized carbons (Fsp3) is 0.0500. The van der Waals surface area contributed by atoms with Gasteiger partial charge in [-0.3, -0.25) is 0 Å². The Bertz CT molecular complexity index is 2230. The summed E-state index contributed by atoms with van der Waals surface area (Å²) >= 11 is 0. The van der Waals surface area contributed by atoms with Gasteiger partial charge in [-0.15, -0.1) is 0 Å². The third kappa shape index (κ3) is 4.66. The smallest absolute Gasteiger partial charge is 0.258 e. The Balaban J connectivity index is 1.21. The van der Waals surface area contributed by atoms with Crippen LogP contribution in [-0.2, 0) is 0 Å². The van der Waals surface area contributed by atoms with Gasteiger partial charge in [0.25, 0.3) is 5.89 Å². The highest BCUT2D eigenvalue weighted by Gasteiger charge is 2.20. The van der Waals surface area contributed by atoms with Gasteiger partial charge in [-0.1, -0.05) is 90.1 Å². The second-order valence-electron chi connectivity index (χ2n) is 11.3. The number of nitrogens with zero attached hydrogens (tertiary/aromatic N) is 4. The van der Waals surface area contributed by atoms with Crippen molar-refractivity contribution in [3.8, 4) is 28.5 Å². The summed E-state index contributed by atoms with van der Waals surface area (Å²) in [5.74, 6) is 1.10. The maximum Gasteiger partial charge on any atom is 0.258 e. The van der Waals surface area contributed by atoms with Crippen LogP contribution in [0.3, 0.4) is 0 Å². The molecule has 0 N–H and O–H groups in total. The fourth-order valence-electron chi connectivity index (χ4n) is 6.27. The van der Waals surface area contributed by atoms with E-state index in [1.54, 1.807) is 0 Å². The third-order valence-electron chi connectivity index (χ3n) is 8.43. The molecular weight excluding hydrogens is 552 g/mol. The van der Waals surface area contributed by atoms with Gasteiger partial charge in [0, 0.05) is 44.6 Å². The number of rotatable bonds is 6. The van der Waals surface area contributed by atoms with Crippen LogP contribution in [0.1, 0.15) is 11.1 Å². The molecule has 2 heterocycles. The van der Waals surface area contributed by atoms with Crippen LogP contribution in [0.5, 0.6) is 0 Å². The van der Waals surface area contributed by atoms with Crippen molar-refractivity contribution >= 4 is 38.9 Å². The molecule has 0 atom stereocenters. The number of aryl methyl sites for hydroxylation is 2. The Labute approximate surface area is 261 Å². The normalized spacial score (nSPS) is 11.3. The molecule has 0 spiro atoms. The van der Waals surface area contributed by atoms with Crippen LogP contribution in [0.4, 0.5) is 17.1 Å². The molecule has 5 heteroatoms. The van der Waals surface area contributed by atoms with Gasteiger partial charge in [0.1, 0.15) is 0 Å². The minimum absolute atomic E-state index is 0.516. The van der Waals surface area contributed by atoms with Crippen LogP contribution in [0, 0.1) is 13.8 Å². The molecule has 0 unspecified atom stereocenters. The summed E-state index contributed by atoms with van der Waals surface area (Å²) in [6.45, 7) is 4.23. The Hall–Kier alpha value is -5.94. The van der Waals surface area contributed by atoms with Gasteiger partial charge in [-0.25, -0.2) is 0 Å². The van der Waals surface area contributed by atoms with E-state index in [4.69, 9.17) is 9.51 Å². The van der Waals surface area contributed by atoms with Gasteiger partial charge in [0.15, 0.2) is 0 Å². The molecular formula is C40H30N4O. The number of hydrogen-bond acceptors (Lipinski definition) is 4. The molecule has 0 fully saturated rings. The van der Waals surface area contributed by atoms with Gasteiger partial charge in [0.05, 0.1) is 11.0 Å². The maximum absolute atomic E-state index is 5.74. The van der Waals surface area contributed by atoms with Crippen LogP contribution in [0.25, 0.3) is 50.3 Å². The van der Waals surface area contributed by atoms with Gasteiger partial charge < -0.3 is 14.0 Å². The molecule has 45 heavy (non-hydrogen) atoms. The lowest BCUT2D eigenvalue weighted by atomic mass is 10.0. The molecule has 0 amide bonds. The van der Waals surface area contributed by atoms with E-state index in [-0.39, 0.29) is 0 Å². The third-order valence-corrected chi connectivity index (χ3v) is 8.43. The summed E-state index contributed by atoms with van der Waals surface area (Å²) in [4.78, 5) is 7.04. The molecule has 2 aromatic heterocycles. The number of anilines is 3. The highest BCUT2D eigenvalue weighted by Crippen LogP contribution is 2.40. The van der Waals surface area contributed by atoms with E-state index in [9.17, 15) is 0 Å². The zero-order valence-corrected chi connectivity index (χ0v) is 25.1. The first-order valence-corrected chi connectivity index (χ1v) is 15.1. The molecule has 216 valence electrons. The molecule has 6 aromatic carbocycles. The number of para-hydroxylation sites is 3. The first-order chi connectivity index (χ1) is 22.2. The van der Waals surface area contributed by atoms with E-state index in [2.05, 4.69) is 138 Å². The molecule has 0 radical (unpaired) electrons. The molecule has 8 rings (SSSR count). The maximum atomic E-state index is 5.74. The summed E-state index contributed by atoms with van der Waals surface area (Å²) < 4.78 is 8.09. The average Bonchev–Trinajstić information content (AvgIpc) is 3.71. The average molecular weight is 583 g/mol. The van der Waals surface area contributed by atoms with Gasteiger partial charge in [-0.2, -0.15) is 4.98 Å². The van der Waals surface area contributed by atoms with Crippen LogP contribution in [0.2, 0.25) is 0 Å². The Morgan fingerprint density at radius 3 is 1.82 bits per heavy atom. The summed E-state index contributed by atoms with van der Waals surface area (Å²) in [6, 6.07) is 50.8. The summed E-state index contributed by atoms with van der Waals surface area (Å²) in [6.07, 6.45) is 0. The monoisotopic (exact) mass is 582 g/mol. The number of hydrogen-bond donors (Lipinski definition) is 0. The number of benzene rings is 6. The second kappa shape index (κ2) is 11.0. The quantitative estimate of drug-likeness (QED) is 0.196. The van der Waals surface area contributed by atoms with Crippen LogP contribution >= 0.6 is 0 Å². The molecule has 5 nitrogen and oxygen atoms in total. The molecule has 0 saturated carbocycles. The predicted octanol–water partition coefficient (Wildman–Crippen LogP) is 10.6. The topological polar surface area (TPSA) is 47.1 Å². The van der Waals surface area contributed by atoms with E-state index in [1.807, 2.05) is 36.4 Å². The van der Waals surface area contributed by atoms with E-state index in [0.717, 1.165) is 45.0 Å². The van der Waals surface area contributed by atoms with Crippen LogP contribution in [-0.4, -0.2) is 14.7 Å². The SMILES string of the molecule is Cc1cc(N(c2ccccc2)c2ccc(-n3c4ccccc4c4ccccc43)cc2)c(C)cc1-c1nc(-c2ccccc2)no1. The highest BCUT2D eigenvalue weighted by atomic mass is 16.5. The first-order valence-electron chi connectivity index (χ1n) is 15.1. The molecule has 8 aromatic rings. The second-order valence-corrected chi connectivity index (χ2v) is 11.3. The van der Waals surface area contributed by atoms with Crippen molar-refractivity contribution in [2.75, 3.05) is 4.90 Å². The summed E-state index contributed by atoms with van der Waals surface area (Å²) in [5, 5.41) is 6.77. The van der Waals surface area contributed by atoms with Crippen LogP contribution in [0.15, 0.2) is 150 Å². The van der Waals surface area contributed by atoms with Crippen LogP contribution < -0.4 is 4.90 Å². The van der Waals surface area contributed by atoms with Crippen molar-refractivity contribution in [3.63, 3.8) is 0 Å². The number of aromatic nitrogens is 3. The van der Waals surface area contributed by atoms with E-state index in [0.29, 0.717) is 11.7 Å². The van der Waals surface area contributed by atoms with Gasteiger partial charge in [0.2, 0.25) is 5.82 Å².